The number of benzene rings is 1. The largest absolute Gasteiger partial charge is 0.329 e. The Morgan fingerprint density at radius 1 is 1.27 bits per heavy atom. The fraction of sp³-hybridized carbons (Fsp3) is 0.417. The van der Waals surface area contributed by atoms with E-state index in [2.05, 4.69) is 6.07 Å². The standard InChI is InChI=1S/C12H15NOS/c1-9-5-10(2)7-11(6-9)12(14)13-3-4-15-8-13/h5-7H,3-4,8H2,1-2H3. The van der Waals surface area contributed by atoms with E-state index in [1.165, 1.54) is 0 Å². The zero-order valence-corrected chi connectivity index (χ0v) is 9.93. The first-order chi connectivity index (χ1) is 7.16. The first-order valence-corrected chi connectivity index (χ1v) is 6.27. The molecule has 0 spiro atoms. The van der Waals surface area contributed by atoms with Gasteiger partial charge in [-0.2, -0.15) is 0 Å². The Hall–Kier alpha value is -0.960. The van der Waals surface area contributed by atoms with Crippen LogP contribution in [0.15, 0.2) is 18.2 Å². The van der Waals surface area contributed by atoms with Gasteiger partial charge in [-0.05, 0) is 26.0 Å². The Labute approximate surface area is 94.7 Å². The number of aryl methyl sites for hydroxylation is 2. The summed E-state index contributed by atoms with van der Waals surface area (Å²) in [7, 11) is 0. The van der Waals surface area contributed by atoms with Crippen molar-refractivity contribution < 1.29 is 4.79 Å². The average molecular weight is 221 g/mol. The van der Waals surface area contributed by atoms with Gasteiger partial charge in [0, 0.05) is 17.9 Å². The summed E-state index contributed by atoms with van der Waals surface area (Å²) in [5.74, 6) is 2.08. The summed E-state index contributed by atoms with van der Waals surface area (Å²) in [5.41, 5.74) is 3.14. The molecule has 15 heavy (non-hydrogen) atoms. The number of thioether (sulfide) groups is 1. The summed E-state index contributed by atoms with van der Waals surface area (Å²) < 4.78 is 0. The van der Waals surface area contributed by atoms with E-state index >= 15 is 0 Å². The van der Waals surface area contributed by atoms with Crippen LogP contribution in [0.2, 0.25) is 0 Å². The van der Waals surface area contributed by atoms with Gasteiger partial charge in [0.1, 0.15) is 0 Å². The Bertz CT molecular complexity index is 363. The fourth-order valence-corrected chi connectivity index (χ4v) is 2.80. The van der Waals surface area contributed by atoms with Crippen molar-refractivity contribution in [1.29, 1.82) is 0 Å². The third-order valence-corrected chi connectivity index (χ3v) is 3.47. The molecule has 1 saturated heterocycles. The first-order valence-electron chi connectivity index (χ1n) is 5.12. The van der Waals surface area contributed by atoms with E-state index < -0.39 is 0 Å². The number of carbonyl (C=O) groups is 1. The number of nitrogens with zero attached hydrogens (tertiary/aromatic N) is 1. The second kappa shape index (κ2) is 4.27. The predicted molar refractivity (Wildman–Crippen MR) is 64.3 cm³/mol. The molecule has 0 N–H and O–H groups in total. The van der Waals surface area contributed by atoms with Crippen molar-refractivity contribution in [3.8, 4) is 0 Å². The van der Waals surface area contributed by atoms with Gasteiger partial charge in [0.15, 0.2) is 0 Å². The van der Waals surface area contributed by atoms with Gasteiger partial charge >= 0.3 is 0 Å². The zero-order chi connectivity index (χ0) is 10.8. The smallest absolute Gasteiger partial charge is 0.254 e. The summed E-state index contributed by atoms with van der Waals surface area (Å²) in [4.78, 5) is 14.0. The molecule has 0 aromatic heterocycles. The SMILES string of the molecule is Cc1cc(C)cc(C(=O)N2CCSC2)c1. The number of carbonyl (C=O) groups excluding carboxylic acids is 1. The molecule has 1 aromatic carbocycles. The molecule has 2 nitrogen and oxygen atoms in total. The highest BCUT2D eigenvalue weighted by Gasteiger charge is 2.19. The monoisotopic (exact) mass is 221 g/mol. The minimum Gasteiger partial charge on any atom is -0.329 e. The number of hydrogen-bond donors (Lipinski definition) is 0. The maximum Gasteiger partial charge on any atom is 0.254 e. The molecule has 1 aromatic rings. The van der Waals surface area contributed by atoms with Crippen molar-refractivity contribution in [2.45, 2.75) is 13.8 Å². The molecule has 0 bridgehead atoms. The molecule has 1 fully saturated rings. The molecule has 3 heteroatoms. The van der Waals surface area contributed by atoms with Gasteiger partial charge in [0.05, 0.1) is 5.88 Å². The van der Waals surface area contributed by atoms with Gasteiger partial charge in [-0.15, -0.1) is 11.8 Å². The second-order valence-corrected chi connectivity index (χ2v) is 5.06. The van der Waals surface area contributed by atoms with Gasteiger partial charge < -0.3 is 4.90 Å². The zero-order valence-electron chi connectivity index (χ0n) is 9.12. The second-order valence-electron chi connectivity index (χ2n) is 3.98. The highest BCUT2D eigenvalue weighted by Crippen LogP contribution is 2.18. The third-order valence-electron chi connectivity index (χ3n) is 2.51. The Morgan fingerprint density at radius 3 is 2.47 bits per heavy atom. The molecule has 1 aliphatic rings. The maximum absolute atomic E-state index is 12.1. The van der Waals surface area contributed by atoms with Crippen LogP contribution in [0.5, 0.6) is 0 Å². The molecule has 0 atom stereocenters. The van der Waals surface area contributed by atoms with Crippen molar-refractivity contribution in [3.63, 3.8) is 0 Å². The Morgan fingerprint density at radius 2 is 1.93 bits per heavy atom. The van der Waals surface area contributed by atoms with Crippen molar-refractivity contribution in [1.82, 2.24) is 4.90 Å². The number of amides is 1. The minimum atomic E-state index is 0.173. The van der Waals surface area contributed by atoms with Crippen LogP contribution in [-0.4, -0.2) is 29.0 Å². The molecular weight excluding hydrogens is 206 g/mol. The van der Waals surface area contributed by atoms with Gasteiger partial charge in [0.2, 0.25) is 0 Å². The lowest BCUT2D eigenvalue weighted by molar-refractivity contribution is 0.0802. The van der Waals surface area contributed by atoms with Crippen LogP contribution in [0.4, 0.5) is 0 Å². The molecule has 80 valence electrons. The number of rotatable bonds is 1. The lowest BCUT2D eigenvalue weighted by atomic mass is 10.1. The van der Waals surface area contributed by atoms with E-state index in [-0.39, 0.29) is 5.91 Å². The van der Waals surface area contributed by atoms with Gasteiger partial charge in [-0.1, -0.05) is 17.2 Å². The molecule has 1 aliphatic heterocycles. The predicted octanol–water partition coefficient (Wildman–Crippen LogP) is 2.45. The van der Waals surface area contributed by atoms with Crippen LogP contribution >= 0.6 is 11.8 Å². The highest BCUT2D eigenvalue weighted by atomic mass is 32.2. The number of hydrogen-bond acceptors (Lipinski definition) is 2. The lowest BCUT2D eigenvalue weighted by Gasteiger charge is -2.15. The maximum atomic E-state index is 12.1. The van der Waals surface area contributed by atoms with E-state index in [1.807, 2.05) is 42.6 Å². The fourth-order valence-electron chi connectivity index (χ4n) is 1.85. The van der Waals surface area contributed by atoms with Crippen LogP contribution < -0.4 is 0 Å². The summed E-state index contributed by atoms with van der Waals surface area (Å²) in [6, 6.07) is 6.03. The quantitative estimate of drug-likeness (QED) is 0.726. The van der Waals surface area contributed by atoms with Crippen LogP contribution in [0.3, 0.4) is 0 Å². The molecule has 0 saturated carbocycles. The van der Waals surface area contributed by atoms with Crippen LogP contribution in [0, 0.1) is 13.8 Å². The normalized spacial score (nSPS) is 15.7. The van der Waals surface area contributed by atoms with Crippen molar-refractivity contribution >= 4 is 17.7 Å². The van der Waals surface area contributed by atoms with Gasteiger partial charge in [0.25, 0.3) is 5.91 Å². The highest BCUT2D eigenvalue weighted by molar-refractivity contribution is 7.99. The van der Waals surface area contributed by atoms with E-state index in [0.717, 1.165) is 34.9 Å². The minimum absolute atomic E-state index is 0.173. The van der Waals surface area contributed by atoms with Gasteiger partial charge in [-0.3, -0.25) is 4.79 Å². The molecular formula is C12H15NOS. The Balaban J connectivity index is 2.24. The first kappa shape index (κ1) is 10.6. The van der Waals surface area contributed by atoms with Crippen LogP contribution in [0.1, 0.15) is 21.5 Å². The molecule has 0 aliphatic carbocycles. The van der Waals surface area contributed by atoms with Crippen LogP contribution in [0.25, 0.3) is 0 Å². The Kier molecular flexibility index (Phi) is 3.00. The van der Waals surface area contributed by atoms with Crippen molar-refractivity contribution in [2.75, 3.05) is 18.2 Å². The van der Waals surface area contributed by atoms with Crippen molar-refractivity contribution in [2.24, 2.45) is 0 Å². The molecule has 0 radical (unpaired) electrons. The average Bonchev–Trinajstić information content (AvgIpc) is 2.67. The lowest BCUT2D eigenvalue weighted by Crippen LogP contribution is -2.27. The van der Waals surface area contributed by atoms with Gasteiger partial charge in [-0.25, -0.2) is 0 Å². The summed E-state index contributed by atoms with van der Waals surface area (Å²) >= 11 is 1.82. The van der Waals surface area contributed by atoms with E-state index in [0.29, 0.717) is 0 Å². The van der Waals surface area contributed by atoms with E-state index in [4.69, 9.17) is 0 Å². The summed E-state index contributed by atoms with van der Waals surface area (Å²) in [6.07, 6.45) is 0. The topological polar surface area (TPSA) is 20.3 Å². The third kappa shape index (κ3) is 2.34. The molecule has 1 heterocycles. The summed E-state index contributed by atoms with van der Waals surface area (Å²) in [6.45, 7) is 4.95. The van der Waals surface area contributed by atoms with Crippen molar-refractivity contribution in [3.05, 3.63) is 34.9 Å². The summed E-state index contributed by atoms with van der Waals surface area (Å²) in [5, 5.41) is 0. The molecule has 1 amide bonds. The van der Waals surface area contributed by atoms with Crippen LogP contribution in [-0.2, 0) is 0 Å². The van der Waals surface area contributed by atoms with E-state index in [1.54, 1.807) is 0 Å². The molecule has 0 unspecified atom stereocenters. The van der Waals surface area contributed by atoms with E-state index in [9.17, 15) is 4.79 Å². The molecule has 2 rings (SSSR count).